The molecule has 0 unspecified atom stereocenters. The summed E-state index contributed by atoms with van der Waals surface area (Å²) >= 11 is 0. The zero-order chi connectivity index (χ0) is 14.0. The minimum atomic E-state index is 0.0100. The fourth-order valence-corrected chi connectivity index (χ4v) is 2.72. The van der Waals surface area contributed by atoms with Crippen LogP contribution in [0, 0.1) is 0 Å². The highest BCUT2D eigenvalue weighted by atomic mass is 16.7. The zero-order valence-electron chi connectivity index (χ0n) is 12.7. The van der Waals surface area contributed by atoms with Crippen molar-refractivity contribution < 1.29 is 9.47 Å². The molecule has 20 heavy (non-hydrogen) atoms. The van der Waals surface area contributed by atoms with Gasteiger partial charge in [0.15, 0.2) is 6.29 Å². The standard InChI is InChI=1S/C18H28O2/c1-2-3-4-5-6-7-11-14-18-19-15-17(20-18)16-12-9-8-10-13-16/h8-10,12-13,17-18H,2-7,11,14-15H2,1H3/t17-,18-/m0/s1. The molecule has 1 heterocycles. The summed E-state index contributed by atoms with van der Waals surface area (Å²) in [6.45, 7) is 2.96. The molecule has 112 valence electrons. The first kappa shape index (κ1) is 15.5. The molecule has 2 atom stereocenters. The smallest absolute Gasteiger partial charge is 0.158 e. The molecule has 0 amide bonds. The van der Waals surface area contributed by atoms with Crippen molar-refractivity contribution in [2.24, 2.45) is 0 Å². The van der Waals surface area contributed by atoms with E-state index in [1.807, 2.05) is 6.07 Å². The highest BCUT2D eigenvalue weighted by Gasteiger charge is 2.26. The number of unbranched alkanes of at least 4 members (excludes halogenated alkanes) is 6. The Morgan fingerprint density at radius 2 is 1.65 bits per heavy atom. The van der Waals surface area contributed by atoms with Crippen LogP contribution in [0.15, 0.2) is 30.3 Å². The van der Waals surface area contributed by atoms with E-state index in [1.165, 1.54) is 50.5 Å². The van der Waals surface area contributed by atoms with Crippen molar-refractivity contribution in [3.8, 4) is 0 Å². The lowest BCUT2D eigenvalue weighted by molar-refractivity contribution is -0.0637. The van der Waals surface area contributed by atoms with Crippen LogP contribution >= 0.6 is 0 Å². The minimum absolute atomic E-state index is 0.0100. The predicted molar refractivity (Wildman–Crippen MR) is 82.6 cm³/mol. The van der Waals surface area contributed by atoms with E-state index in [2.05, 4.69) is 31.2 Å². The van der Waals surface area contributed by atoms with E-state index in [-0.39, 0.29) is 12.4 Å². The van der Waals surface area contributed by atoms with Gasteiger partial charge in [0.1, 0.15) is 6.10 Å². The van der Waals surface area contributed by atoms with Gasteiger partial charge in [-0.3, -0.25) is 0 Å². The SMILES string of the molecule is CCCCCCCCC[C@H]1OC[C@@H](c2ccccc2)O1. The van der Waals surface area contributed by atoms with Crippen LogP contribution in [0.5, 0.6) is 0 Å². The van der Waals surface area contributed by atoms with Crippen molar-refractivity contribution in [3.63, 3.8) is 0 Å². The maximum absolute atomic E-state index is 5.97. The Labute approximate surface area is 123 Å². The van der Waals surface area contributed by atoms with Crippen molar-refractivity contribution in [3.05, 3.63) is 35.9 Å². The zero-order valence-corrected chi connectivity index (χ0v) is 12.7. The van der Waals surface area contributed by atoms with Gasteiger partial charge in [0.05, 0.1) is 6.61 Å². The first-order valence-electron chi connectivity index (χ1n) is 8.22. The molecule has 1 aromatic rings. The molecule has 1 fully saturated rings. The number of benzene rings is 1. The first-order valence-corrected chi connectivity index (χ1v) is 8.22. The number of rotatable bonds is 9. The van der Waals surface area contributed by atoms with Crippen LogP contribution in [-0.2, 0) is 9.47 Å². The van der Waals surface area contributed by atoms with Crippen molar-refractivity contribution in [2.45, 2.75) is 70.7 Å². The Bertz CT molecular complexity index is 350. The molecule has 0 radical (unpaired) electrons. The Balaban J connectivity index is 1.55. The molecule has 0 aromatic heterocycles. The molecule has 2 rings (SSSR count). The molecule has 0 spiro atoms. The second kappa shape index (κ2) is 9.15. The van der Waals surface area contributed by atoms with Gasteiger partial charge in [-0.25, -0.2) is 0 Å². The van der Waals surface area contributed by atoms with Crippen LogP contribution in [0.1, 0.15) is 70.0 Å². The lowest BCUT2D eigenvalue weighted by Crippen LogP contribution is -2.07. The summed E-state index contributed by atoms with van der Waals surface area (Å²) in [6.07, 6.45) is 10.5. The highest BCUT2D eigenvalue weighted by Crippen LogP contribution is 2.28. The Hall–Kier alpha value is -0.860. The first-order chi connectivity index (χ1) is 9.90. The highest BCUT2D eigenvalue weighted by molar-refractivity contribution is 5.18. The molecule has 0 saturated carbocycles. The van der Waals surface area contributed by atoms with E-state index in [9.17, 15) is 0 Å². The van der Waals surface area contributed by atoms with Crippen molar-refractivity contribution in [1.82, 2.24) is 0 Å². The average Bonchev–Trinajstić information content (AvgIpc) is 2.96. The van der Waals surface area contributed by atoms with Crippen LogP contribution in [0.4, 0.5) is 0 Å². The molecule has 1 saturated heterocycles. The molecular weight excluding hydrogens is 248 g/mol. The van der Waals surface area contributed by atoms with Gasteiger partial charge < -0.3 is 9.47 Å². The lowest BCUT2D eigenvalue weighted by Gasteiger charge is -2.11. The monoisotopic (exact) mass is 276 g/mol. The van der Waals surface area contributed by atoms with Crippen LogP contribution in [0.2, 0.25) is 0 Å². The second-order valence-corrected chi connectivity index (χ2v) is 5.71. The van der Waals surface area contributed by atoms with E-state index in [0.29, 0.717) is 6.61 Å². The van der Waals surface area contributed by atoms with E-state index in [1.54, 1.807) is 0 Å². The average molecular weight is 276 g/mol. The van der Waals surface area contributed by atoms with Crippen LogP contribution in [0.3, 0.4) is 0 Å². The van der Waals surface area contributed by atoms with E-state index >= 15 is 0 Å². The third-order valence-electron chi connectivity index (χ3n) is 3.96. The van der Waals surface area contributed by atoms with E-state index < -0.39 is 0 Å². The Morgan fingerprint density at radius 3 is 2.40 bits per heavy atom. The summed E-state index contributed by atoms with van der Waals surface area (Å²) in [5.41, 5.74) is 1.23. The maximum Gasteiger partial charge on any atom is 0.158 e. The van der Waals surface area contributed by atoms with Crippen molar-refractivity contribution >= 4 is 0 Å². The van der Waals surface area contributed by atoms with Gasteiger partial charge in [-0.2, -0.15) is 0 Å². The molecule has 1 aliphatic heterocycles. The molecule has 2 heteroatoms. The molecule has 2 nitrogen and oxygen atoms in total. The number of hydrogen-bond donors (Lipinski definition) is 0. The molecule has 0 bridgehead atoms. The van der Waals surface area contributed by atoms with Gasteiger partial charge in [0.25, 0.3) is 0 Å². The van der Waals surface area contributed by atoms with Gasteiger partial charge in [-0.15, -0.1) is 0 Å². The number of ether oxygens (including phenoxy) is 2. The van der Waals surface area contributed by atoms with Gasteiger partial charge >= 0.3 is 0 Å². The number of hydrogen-bond acceptors (Lipinski definition) is 2. The predicted octanol–water partition coefficient (Wildman–Crippen LogP) is 5.24. The topological polar surface area (TPSA) is 18.5 Å². The fraction of sp³-hybridized carbons (Fsp3) is 0.667. The van der Waals surface area contributed by atoms with Crippen molar-refractivity contribution in [1.29, 1.82) is 0 Å². The third-order valence-corrected chi connectivity index (χ3v) is 3.96. The Morgan fingerprint density at radius 1 is 0.950 bits per heavy atom. The van der Waals surface area contributed by atoms with Crippen LogP contribution in [0.25, 0.3) is 0 Å². The third kappa shape index (κ3) is 5.26. The normalized spacial score (nSPS) is 22.2. The van der Waals surface area contributed by atoms with Crippen molar-refractivity contribution in [2.75, 3.05) is 6.61 Å². The maximum atomic E-state index is 5.97. The van der Waals surface area contributed by atoms with Crippen LogP contribution in [-0.4, -0.2) is 12.9 Å². The summed E-state index contributed by atoms with van der Waals surface area (Å²) in [5, 5.41) is 0. The van der Waals surface area contributed by atoms with Gasteiger partial charge in [-0.1, -0.05) is 75.8 Å². The summed E-state index contributed by atoms with van der Waals surface area (Å²) < 4.78 is 11.7. The minimum Gasteiger partial charge on any atom is -0.350 e. The van der Waals surface area contributed by atoms with Gasteiger partial charge in [0, 0.05) is 0 Å². The molecule has 1 aliphatic rings. The van der Waals surface area contributed by atoms with Crippen LogP contribution < -0.4 is 0 Å². The molecule has 0 N–H and O–H groups in total. The summed E-state index contributed by atoms with van der Waals surface area (Å²) in [4.78, 5) is 0. The summed E-state index contributed by atoms with van der Waals surface area (Å²) in [5.74, 6) is 0. The summed E-state index contributed by atoms with van der Waals surface area (Å²) in [7, 11) is 0. The fourth-order valence-electron chi connectivity index (χ4n) is 2.72. The Kier molecular flexibility index (Phi) is 7.10. The van der Waals surface area contributed by atoms with E-state index in [0.717, 1.165) is 6.42 Å². The van der Waals surface area contributed by atoms with Gasteiger partial charge in [0.2, 0.25) is 0 Å². The second-order valence-electron chi connectivity index (χ2n) is 5.71. The largest absolute Gasteiger partial charge is 0.350 e. The molecular formula is C18H28O2. The lowest BCUT2D eigenvalue weighted by atomic mass is 10.1. The van der Waals surface area contributed by atoms with Gasteiger partial charge in [-0.05, 0) is 18.4 Å². The molecule has 1 aromatic carbocycles. The summed E-state index contributed by atoms with van der Waals surface area (Å²) in [6, 6.07) is 10.4. The molecule has 0 aliphatic carbocycles. The quantitative estimate of drug-likeness (QED) is 0.574. The van der Waals surface area contributed by atoms with E-state index in [4.69, 9.17) is 9.47 Å².